The number of rotatable bonds is 3. The van der Waals surface area contributed by atoms with E-state index in [9.17, 15) is 4.79 Å². The number of hydrogen-bond donors (Lipinski definition) is 2. The third kappa shape index (κ3) is 2.56. The van der Waals surface area contributed by atoms with E-state index in [0.717, 1.165) is 35.4 Å². The highest BCUT2D eigenvalue weighted by atomic mass is 16.5. The van der Waals surface area contributed by atoms with E-state index in [-0.39, 0.29) is 11.9 Å². The predicted molar refractivity (Wildman–Crippen MR) is 97.4 cm³/mol. The summed E-state index contributed by atoms with van der Waals surface area (Å²) >= 11 is 0. The number of benzene rings is 1. The van der Waals surface area contributed by atoms with Crippen molar-refractivity contribution >= 4 is 11.7 Å². The zero-order chi connectivity index (χ0) is 18.3. The second-order valence-corrected chi connectivity index (χ2v) is 6.62. The molecule has 3 heterocycles. The highest BCUT2D eigenvalue weighted by Gasteiger charge is 2.36. The molecule has 1 unspecified atom stereocenters. The van der Waals surface area contributed by atoms with E-state index < -0.39 is 0 Å². The quantitative estimate of drug-likeness (QED) is 0.754. The molecule has 2 aromatic heterocycles. The Morgan fingerprint density at radius 3 is 2.77 bits per heavy atom. The van der Waals surface area contributed by atoms with Crippen LogP contribution in [0.5, 0.6) is 0 Å². The normalized spacial score (nSPS) is 17.0. The van der Waals surface area contributed by atoms with Crippen molar-refractivity contribution in [2.75, 3.05) is 12.3 Å². The summed E-state index contributed by atoms with van der Waals surface area (Å²) in [7, 11) is 0. The van der Waals surface area contributed by atoms with E-state index in [0.29, 0.717) is 23.6 Å². The Morgan fingerprint density at radius 2 is 2.08 bits per heavy atom. The third-order valence-corrected chi connectivity index (χ3v) is 5.01. The first-order chi connectivity index (χ1) is 12.6. The molecule has 3 aromatic rings. The lowest BCUT2D eigenvalue weighted by atomic mass is 10.0. The zero-order valence-corrected chi connectivity index (χ0v) is 14.8. The van der Waals surface area contributed by atoms with Crippen molar-refractivity contribution in [3.8, 4) is 11.1 Å². The van der Waals surface area contributed by atoms with Crippen LogP contribution in [0.15, 0.2) is 34.9 Å². The molecule has 1 aliphatic heterocycles. The minimum absolute atomic E-state index is 0.0399. The molecule has 3 N–H and O–H groups in total. The number of likely N-dealkylation sites (tertiary alicyclic amines) is 1. The van der Waals surface area contributed by atoms with Crippen LogP contribution in [0.4, 0.5) is 5.82 Å². The van der Waals surface area contributed by atoms with Gasteiger partial charge in [-0.25, -0.2) is 0 Å². The number of hydrogen-bond acceptors (Lipinski definition) is 5. The molecule has 1 atom stereocenters. The smallest absolute Gasteiger partial charge is 0.273 e. The Morgan fingerprint density at radius 1 is 1.31 bits per heavy atom. The number of carbonyl (C=O) groups excluding carboxylic acids is 1. The van der Waals surface area contributed by atoms with Crippen LogP contribution in [0.1, 0.15) is 46.4 Å². The van der Waals surface area contributed by atoms with Gasteiger partial charge in [0.1, 0.15) is 11.5 Å². The van der Waals surface area contributed by atoms with E-state index in [1.54, 1.807) is 0 Å². The van der Waals surface area contributed by atoms with Gasteiger partial charge in [0.05, 0.1) is 17.3 Å². The molecule has 26 heavy (non-hydrogen) atoms. The summed E-state index contributed by atoms with van der Waals surface area (Å²) in [6, 6.07) is 9.57. The second kappa shape index (κ2) is 6.33. The van der Waals surface area contributed by atoms with Gasteiger partial charge in [-0.3, -0.25) is 9.89 Å². The number of aryl methyl sites for hydroxylation is 2. The zero-order valence-electron chi connectivity index (χ0n) is 14.8. The Kier molecular flexibility index (Phi) is 3.99. The average molecular weight is 351 g/mol. The summed E-state index contributed by atoms with van der Waals surface area (Å²) in [5.41, 5.74) is 9.83. The molecule has 7 nitrogen and oxygen atoms in total. The van der Waals surface area contributed by atoms with Crippen molar-refractivity contribution in [1.82, 2.24) is 20.3 Å². The van der Waals surface area contributed by atoms with Crippen molar-refractivity contribution in [2.45, 2.75) is 32.7 Å². The average Bonchev–Trinajstić information content (AvgIpc) is 3.34. The Bertz CT molecular complexity index is 925. The van der Waals surface area contributed by atoms with Crippen LogP contribution in [-0.2, 0) is 0 Å². The van der Waals surface area contributed by atoms with Crippen molar-refractivity contribution in [3.05, 3.63) is 53.0 Å². The Balaban J connectivity index is 1.73. The molecule has 1 fully saturated rings. The van der Waals surface area contributed by atoms with E-state index in [1.807, 2.05) is 49.1 Å². The lowest BCUT2D eigenvalue weighted by Gasteiger charge is -2.24. The first-order valence-electron chi connectivity index (χ1n) is 8.71. The van der Waals surface area contributed by atoms with Gasteiger partial charge in [-0.05, 0) is 32.3 Å². The van der Waals surface area contributed by atoms with Crippen molar-refractivity contribution in [1.29, 1.82) is 0 Å². The lowest BCUT2D eigenvalue weighted by molar-refractivity contribution is 0.0729. The number of nitrogen functional groups attached to an aromatic ring is 1. The summed E-state index contributed by atoms with van der Waals surface area (Å²) in [6.45, 7) is 4.48. The largest absolute Gasteiger partial charge is 0.382 e. The molecule has 1 amide bonds. The van der Waals surface area contributed by atoms with Gasteiger partial charge >= 0.3 is 0 Å². The highest BCUT2D eigenvalue weighted by molar-refractivity contribution is 6.01. The number of nitrogens with zero attached hydrogens (tertiary/aromatic N) is 3. The Hall–Kier alpha value is -3.09. The fourth-order valence-electron chi connectivity index (χ4n) is 3.83. The van der Waals surface area contributed by atoms with Gasteiger partial charge in [-0.2, -0.15) is 5.10 Å². The first-order valence-corrected chi connectivity index (χ1v) is 8.71. The second-order valence-electron chi connectivity index (χ2n) is 6.62. The summed E-state index contributed by atoms with van der Waals surface area (Å²) < 4.78 is 5.31. The number of anilines is 1. The van der Waals surface area contributed by atoms with Gasteiger partial charge < -0.3 is 15.2 Å². The molecule has 4 rings (SSSR count). The fraction of sp³-hybridized carbons (Fsp3) is 0.316. The molecule has 1 saturated heterocycles. The van der Waals surface area contributed by atoms with Crippen LogP contribution in [0.3, 0.4) is 0 Å². The standard InChI is InChI=1S/C19H21N5O2/c1-11-15(12(2)26-23-11)14-9-6-10-24(14)19(25)17-16(18(20)22-21-17)13-7-4-3-5-8-13/h3-5,7-8,14H,6,9-10H2,1-2H3,(H3,20,21,22). The molecule has 7 heteroatoms. The predicted octanol–water partition coefficient (Wildman–Crippen LogP) is 3.24. The van der Waals surface area contributed by atoms with Gasteiger partial charge in [-0.15, -0.1) is 0 Å². The summed E-state index contributed by atoms with van der Waals surface area (Å²) in [5.74, 6) is 0.989. The minimum atomic E-state index is -0.101. The van der Waals surface area contributed by atoms with E-state index in [4.69, 9.17) is 10.3 Å². The van der Waals surface area contributed by atoms with Crippen LogP contribution in [0.25, 0.3) is 11.1 Å². The number of nitrogens with one attached hydrogen (secondary N) is 1. The van der Waals surface area contributed by atoms with Crippen LogP contribution >= 0.6 is 0 Å². The number of H-pyrrole nitrogens is 1. The van der Waals surface area contributed by atoms with E-state index >= 15 is 0 Å². The van der Waals surface area contributed by atoms with Gasteiger partial charge in [-0.1, -0.05) is 35.5 Å². The molecular weight excluding hydrogens is 330 g/mol. The van der Waals surface area contributed by atoms with E-state index in [2.05, 4.69) is 15.4 Å². The number of amides is 1. The number of nitrogens with two attached hydrogens (primary N) is 1. The van der Waals surface area contributed by atoms with Crippen molar-refractivity contribution in [2.24, 2.45) is 0 Å². The fourth-order valence-corrected chi connectivity index (χ4v) is 3.83. The van der Waals surface area contributed by atoms with Gasteiger partial charge in [0.15, 0.2) is 5.82 Å². The molecule has 0 radical (unpaired) electrons. The first kappa shape index (κ1) is 16.4. The molecule has 0 saturated carbocycles. The summed E-state index contributed by atoms with van der Waals surface area (Å²) in [5, 5.41) is 11.0. The van der Waals surface area contributed by atoms with Crippen LogP contribution in [0, 0.1) is 13.8 Å². The van der Waals surface area contributed by atoms with Crippen LogP contribution in [-0.4, -0.2) is 32.7 Å². The van der Waals surface area contributed by atoms with Crippen LogP contribution in [0.2, 0.25) is 0 Å². The van der Waals surface area contributed by atoms with Gasteiger partial charge in [0.2, 0.25) is 0 Å². The maximum atomic E-state index is 13.3. The molecule has 1 aromatic carbocycles. The highest BCUT2D eigenvalue weighted by Crippen LogP contribution is 2.38. The molecule has 0 spiro atoms. The minimum Gasteiger partial charge on any atom is -0.382 e. The topological polar surface area (TPSA) is 101 Å². The molecular formula is C19H21N5O2. The summed E-state index contributed by atoms with van der Waals surface area (Å²) in [6.07, 6.45) is 1.82. The lowest BCUT2D eigenvalue weighted by Crippen LogP contribution is -2.31. The Labute approximate surface area is 151 Å². The summed E-state index contributed by atoms with van der Waals surface area (Å²) in [4.78, 5) is 15.2. The number of aromatic amines is 1. The maximum absolute atomic E-state index is 13.3. The third-order valence-electron chi connectivity index (χ3n) is 5.01. The monoisotopic (exact) mass is 351 g/mol. The molecule has 134 valence electrons. The van der Waals surface area contributed by atoms with Crippen molar-refractivity contribution < 1.29 is 9.32 Å². The number of carbonyl (C=O) groups is 1. The molecule has 1 aliphatic rings. The molecule has 0 bridgehead atoms. The van der Waals surface area contributed by atoms with E-state index in [1.165, 1.54) is 0 Å². The molecule has 0 aliphatic carbocycles. The van der Waals surface area contributed by atoms with Gasteiger partial charge in [0.25, 0.3) is 5.91 Å². The van der Waals surface area contributed by atoms with Crippen LogP contribution < -0.4 is 5.73 Å². The van der Waals surface area contributed by atoms with Gasteiger partial charge in [0, 0.05) is 12.1 Å². The SMILES string of the molecule is Cc1noc(C)c1C1CCCN1C(=O)c1[nH]nc(N)c1-c1ccccc1. The van der Waals surface area contributed by atoms with Crippen molar-refractivity contribution in [3.63, 3.8) is 0 Å². The number of aromatic nitrogens is 3. The maximum Gasteiger partial charge on any atom is 0.273 e.